The molecular weight excluding hydrogens is 670 g/mol. The molecule has 0 radical (unpaired) electrons. The molecular formula is C27H25BrF2Na3O6PS. The van der Waals surface area contributed by atoms with Crippen molar-refractivity contribution in [3.8, 4) is 16.9 Å². The van der Waals surface area contributed by atoms with Crippen LogP contribution in [-0.2, 0) is 21.7 Å². The number of aromatic carboxylic acids is 1. The molecule has 0 fully saturated rings. The summed E-state index contributed by atoms with van der Waals surface area (Å²) in [5, 5.41) is 11.7. The molecule has 14 heteroatoms. The molecule has 0 amide bonds. The van der Waals surface area contributed by atoms with Crippen LogP contribution < -0.4 is 108 Å². The van der Waals surface area contributed by atoms with Gasteiger partial charge in [0, 0.05) is 34.7 Å². The number of thioether (sulfide) groups is 1. The molecule has 0 saturated carbocycles. The maximum Gasteiger partial charge on any atom is 1.00 e. The summed E-state index contributed by atoms with van der Waals surface area (Å²) in [6.07, 6.45) is 0.804. The summed E-state index contributed by atoms with van der Waals surface area (Å²) in [6.45, 7) is 4.53. The van der Waals surface area contributed by atoms with Gasteiger partial charge in [-0.2, -0.15) is 20.5 Å². The van der Waals surface area contributed by atoms with Crippen molar-refractivity contribution in [2.45, 2.75) is 37.4 Å². The molecule has 0 spiro atoms. The van der Waals surface area contributed by atoms with Gasteiger partial charge in [0.15, 0.2) is 0 Å². The SMILES string of the molecule is CC(C)CCOc1ccc(-c2ccc(CSCc3ccc(C(F)(F)P(=O)([O-])[O-])c(Br)c3)cc2)cc1C(=O)[O-].[Na+].[Na+].[Na+]. The second-order valence-electron chi connectivity index (χ2n) is 9.07. The number of benzene rings is 3. The molecule has 0 aliphatic carbocycles. The van der Waals surface area contributed by atoms with Gasteiger partial charge in [-0.25, -0.2) is 0 Å². The van der Waals surface area contributed by atoms with Gasteiger partial charge in [0.2, 0.25) is 0 Å². The van der Waals surface area contributed by atoms with Gasteiger partial charge in [0.05, 0.1) is 12.6 Å². The van der Waals surface area contributed by atoms with E-state index in [4.69, 9.17) is 4.74 Å². The minimum absolute atomic E-state index is 0. The third-order valence-electron chi connectivity index (χ3n) is 5.68. The predicted molar refractivity (Wildman–Crippen MR) is 142 cm³/mol. The van der Waals surface area contributed by atoms with Gasteiger partial charge in [-0.1, -0.05) is 72.2 Å². The molecule has 0 aliphatic heterocycles. The number of carbonyl (C=O) groups excluding carboxylic acids is 1. The number of hydrogen-bond donors (Lipinski definition) is 0. The van der Waals surface area contributed by atoms with Crippen LogP contribution in [0.25, 0.3) is 11.1 Å². The van der Waals surface area contributed by atoms with Gasteiger partial charge in [0.1, 0.15) is 5.75 Å². The largest absolute Gasteiger partial charge is 1.00 e. The van der Waals surface area contributed by atoms with Crippen LogP contribution in [0.4, 0.5) is 8.78 Å². The van der Waals surface area contributed by atoms with Crippen LogP contribution in [-0.4, -0.2) is 12.6 Å². The number of halogens is 3. The Balaban J connectivity index is 0.00000533. The van der Waals surface area contributed by atoms with Crippen LogP contribution in [0.2, 0.25) is 0 Å². The first-order chi connectivity index (χ1) is 17.8. The van der Waals surface area contributed by atoms with Crippen LogP contribution in [0.1, 0.15) is 47.3 Å². The Hall–Kier alpha value is 0.770. The van der Waals surface area contributed by atoms with Crippen LogP contribution in [0.3, 0.4) is 0 Å². The van der Waals surface area contributed by atoms with Gasteiger partial charge < -0.3 is 29.0 Å². The van der Waals surface area contributed by atoms with Crippen LogP contribution in [0.15, 0.2) is 65.1 Å². The topological polar surface area (TPSA) is 113 Å². The number of alkyl halides is 2. The Labute approximate surface area is 318 Å². The van der Waals surface area contributed by atoms with Crippen molar-refractivity contribution in [1.29, 1.82) is 0 Å². The number of carboxylic acid groups (broad SMARTS) is 1. The number of hydrogen-bond acceptors (Lipinski definition) is 7. The van der Waals surface area contributed by atoms with E-state index in [1.807, 2.05) is 24.3 Å². The van der Waals surface area contributed by atoms with Crippen molar-refractivity contribution in [1.82, 2.24) is 0 Å². The number of carboxylic acids is 1. The molecule has 0 aliphatic rings. The van der Waals surface area contributed by atoms with Gasteiger partial charge in [-0.05, 0) is 52.8 Å². The Morgan fingerprint density at radius 2 is 1.51 bits per heavy atom. The van der Waals surface area contributed by atoms with Gasteiger partial charge in [-0.15, -0.1) is 0 Å². The van der Waals surface area contributed by atoms with E-state index >= 15 is 0 Å². The summed E-state index contributed by atoms with van der Waals surface area (Å²) >= 11 is 4.46. The van der Waals surface area contributed by atoms with E-state index in [-0.39, 0.29) is 104 Å². The van der Waals surface area contributed by atoms with Gasteiger partial charge in [0.25, 0.3) is 5.66 Å². The van der Waals surface area contributed by atoms with E-state index in [1.165, 1.54) is 30.0 Å². The quantitative estimate of drug-likeness (QED) is 0.142. The van der Waals surface area contributed by atoms with E-state index in [1.54, 1.807) is 12.1 Å². The van der Waals surface area contributed by atoms with Crippen LogP contribution in [0, 0.1) is 5.92 Å². The number of carbonyl (C=O) groups is 1. The van der Waals surface area contributed by atoms with Crippen molar-refractivity contribution in [2.24, 2.45) is 5.92 Å². The second kappa shape index (κ2) is 18.7. The predicted octanol–water partition coefficient (Wildman–Crippen LogP) is -3.69. The fraction of sp³-hybridized carbons (Fsp3) is 0.296. The molecule has 0 atom stereocenters. The molecule has 204 valence electrons. The molecule has 0 unspecified atom stereocenters. The average Bonchev–Trinajstić information content (AvgIpc) is 2.83. The first-order valence-corrected chi connectivity index (χ1v) is 15.1. The molecule has 3 aromatic rings. The van der Waals surface area contributed by atoms with Crippen molar-refractivity contribution < 1.29 is 126 Å². The Morgan fingerprint density at radius 1 is 0.951 bits per heavy atom. The van der Waals surface area contributed by atoms with Gasteiger partial charge in [-0.3, -0.25) is 0 Å². The molecule has 0 heterocycles. The molecule has 0 bridgehead atoms. The summed E-state index contributed by atoms with van der Waals surface area (Å²) in [6, 6.07) is 16.2. The summed E-state index contributed by atoms with van der Waals surface area (Å²) in [5.41, 5.74) is -2.18. The van der Waals surface area contributed by atoms with Crippen LogP contribution in [0.5, 0.6) is 5.75 Å². The molecule has 0 saturated heterocycles. The maximum absolute atomic E-state index is 13.9. The molecule has 0 N–H and O–H groups in total. The van der Waals surface area contributed by atoms with Crippen molar-refractivity contribution in [2.75, 3.05) is 6.61 Å². The Morgan fingerprint density at radius 3 is 2.05 bits per heavy atom. The van der Waals surface area contributed by atoms with E-state index < -0.39 is 24.8 Å². The smallest absolute Gasteiger partial charge is 0.806 e. The molecule has 0 aromatic heterocycles. The summed E-state index contributed by atoms with van der Waals surface area (Å²) in [4.78, 5) is 33.5. The minimum atomic E-state index is -6.15. The fourth-order valence-corrected chi connectivity index (χ4v) is 5.78. The Kier molecular flexibility index (Phi) is 19.0. The van der Waals surface area contributed by atoms with Crippen molar-refractivity contribution in [3.05, 3.63) is 87.4 Å². The second-order valence-corrected chi connectivity index (χ2v) is 12.5. The first kappa shape index (κ1) is 41.8. The maximum atomic E-state index is 13.9. The van der Waals surface area contributed by atoms with E-state index in [0.717, 1.165) is 23.6 Å². The third kappa shape index (κ3) is 11.9. The summed E-state index contributed by atoms with van der Waals surface area (Å²) in [5.74, 6) is 0.480. The molecule has 6 nitrogen and oxygen atoms in total. The number of rotatable bonds is 12. The van der Waals surface area contributed by atoms with Crippen molar-refractivity contribution >= 4 is 41.3 Å². The first-order valence-electron chi connectivity index (χ1n) is 11.6. The molecule has 41 heavy (non-hydrogen) atoms. The normalized spacial score (nSPS) is 11.2. The van der Waals surface area contributed by atoms with E-state index in [2.05, 4.69) is 29.8 Å². The summed E-state index contributed by atoms with van der Waals surface area (Å²) < 4.78 is 44.2. The third-order valence-corrected chi connectivity index (χ3v) is 8.34. The van der Waals surface area contributed by atoms with Crippen LogP contribution >= 0.6 is 35.3 Å². The zero-order valence-corrected chi connectivity index (χ0v) is 32.9. The Bertz CT molecular complexity index is 1340. The minimum Gasteiger partial charge on any atom is -0.806 e. The zero-order valence-electron chi connectivity index (χ0n) is 23.6. The van der Waals surface area contributed by atoms with Crippen molar-refractivity contribution in [3.63, 3.8) is 0 Å². The fourth-order valence-electron chi connectivity index (χ4n) is 3.52. The van der Waals surface area contributed by atoms with Gasteiger partial charge >= 0.3 is 88.7 Å². The average molecular weight is 695 g/mol. The molecule has 3 aromatic carbocycles. The van der Waals surface area contributed by atoms with E-state index in [0.29, 0.717) is 35.2 Å². The standard InChI is InChI=1S/C27H28BrF2O6PS.3Na/c1-17(2)11-12-36-25-10-8-21(14-22(25)26(31)32)20-6-3-18(4-7-20)15-38-16-19-5-9-23(24(28)13-19)27(29,30)37(33,34)35;;;/h3-10,13-14,17H,11-12,15-16H2,1-2H3,(H,31,32)(H2,33,34,35);;;/q;3*+1/p-3. The monoisotopic (exact) mass is 694 g/mol. The zero-order chi connectivity index (χ0) is 28.1. The molecule has 3 rings (SSSR count). The van der Waals surface area contributed by atoms with E-state index in [9.17, 15) is 33.0 Å². The summed E-state index contributed by atoms with van der Waals surface area (Å²) in [7, 11) is -6.15. The number of ether oxygens (including phenoxy) is 1.